The van der Waals surface area contributed by atoms with E-state index in [9.17, 15) is 14.7 Å². The highest BCUT2D eigenvalue weighted by atomic mass is 16.8. The smallest absolute Gasteiger partial charge is 0.306 e. The van der Waals surface area contributed by atoms with Crippen molar-refractivity contribution >= 4 is 11.9 Å². The molecule has 3 rings (SSSR count). The molecule has 35 heavy (non-hydrogen) atoms. The number of aliphatic hydroxyl groups is 1. The van der Waals surface area contributed by atoms with Crippen LogP contribution in [-0.2, 0) is 39.9 Å². The summed E-state index contributed by atoms with van der Waals surface area (Å²) in [5.74, 6) is -1.23. The second-order valence-corrected chi connectivity index (χ2v) is 9.55. The number of esters is 1. The zero-order valence-electron chi connectivity index (χ0n) is 20.9. The van der Waals surface area contributed by atoms with E-state index >= 15 is 0 Å². The molecule has 1 amide bonds. The SMILES string of the molecule is CC(=O)NC1C(OCCCCCCCC(=O)OCc2ccccc2)OC(CO)C2OC(C)(C)OC12. The van der Waals surface area contributed by atoms with Gasteiger partial charge in [-0.1, -0.05) is 49.6 Å². The van der Waals surface area contributed by atoms with E-state index in [4.69, 9.17) is 23.7 Å². The van der Waals surface area contributed by atoms with Gasteiger partial charge in [-0.15, -0.1) is 0 Å². The highest BCUT2D eigenvalue weighted by molar-refractivity contribution is 5.73. The largest absolute Gasteiger partial charge is 0.461 e. The Balaban J connectivity index is 1.33. The Morgan fingerprint density at radius 3 is 2.43 bits per heavy atom. The van der Waals surface area contributed by atoms with Crippen LogP contribution in [-0.4, -0.2) is 66.6 Å². The zero-order chi connectivity index (χ0) is 25.3. The van der Waals surface area contributed by atoms with Gasteiger partial charge in [-0.25, -0.2) is 0 Å². The molecule has 2 saturated heterocycles. The van der Waals surface area contributed by atoms with E-state index in [0.717, 1.165) is 37.7 Å². The topological polar surface area (TPSA) is 113 Å². The van der Waals surface area contributed by atoms with Crippen molar-refractivity contribution in [3.05, 3.63) is 35.9 Å². The van der Waals surface area contributed by atoms with Crippen molar-refractivity contribution in [3.8, 4) is 0 Å². The minimum absolute atomic E-state index is 0.173. The lowest BCUT2D eigenvalue weighted by atomic mass is 9.97. The van der Waals surface area contributed by atoms with Crippen LogP contribution in [0.5, 0.6) is 0 Å². The maximum absolute atomic E-state index is 11.9. The molecule has 2 aliphatic rings. The molecule has 1 aromatic rings. The molecule has 9 heteroatoms. The van der Waals surface area contributed by atoms with Gasteiger partial charge in [-0.3, -0.25) is 9.59 Å². The lowest BCUT2D eigenvalue weighted by Crippen LogP contribution is -2.63. The van der Waals surface area contributed by atoms with Crippen LogP contribution in [0.2, 0.25) is 0 Å². The van der Waals surface area contributed by atoms with Gasteiger partial charge < -0.3 is 34.1 Å². The minimum atomic E-state index is -0.842. The number of amides is 1. The normalized spacial score (nSPS) is 27.3. The summed E-state index contributed by atoms with van der Waals surface area (Å²) < 4.78 is 29.1. The summed E-state index contributed by atoms with van der Waals surface area (Å²) in [4.78, 5) is 23.7. The fourth-order valence-electron chi connectivity index (χ4n) is 4.46. The molecular formula is C26H39NO8. The highest BCUT2D eigenvalue weighted by Gasteiger charge is 2.55. The van der Waals surface area contributed by atoms with Crippen LogP contribution in [0.4, 0.5) is 0 Å². The van der Waals surface area contributed by atoms with Gasteiger partial charge in [0.05, 0.1) is 6.61 Å². The van der Waals surface area contributed by atoms with Crippen molar-refractivity contribution in [2.75, 3.05) is 13.2 Å². The third-order valence-corrected chi connectivity index (χ3v) is 6.09. The van der Waals surface area contributed by atoms with E-state index in [1.54, 1.807) is 13.8 Å². The first-order valence-electron chi connectivity index (χ1n) is 12.5. The molecule has 0 radical (unpaired) electrons. The minimum Gasteiger partial charge on any atom is -0.461 e. The third-order valence-electron chi connectivity index (χ3n) is 6.09. The molecular weight excluding hydrogens is 454 g/mol. The van der Waals surface area contributed by atoms with Gasteiger partial charge in [-0.2, -0.15) is 0 Å². The fraction of sp³-hybridized carbons (Fsp3) is 0.692. The average molecular weight is 494 g/mol. The summed E-state index contributed by atoms with van der Waals surface area (Å²) in [6, 6.07) is 9.11. The van der Waals surface area contributed by atoms with Crippen molar-refractivity contribution in [3.63, 3.8) is 0 Å². The number of benzene rings is 1. The van der Waals surface area contributed by atoms with E-state index in [-0.39, 0.29) is 18.5 Å². The summed E-state index contributed by atoms with van der Waals surface area (Å²) in [6.07, 6.45) is 2.56. The van der Waals surface area contributed by atoms with Crippen molar-refractivity contribution in [1.29, 1.82) is 0 Å². The molecule has 0 aromatic heterocycles. The predicted molar refractivity (Wildman–Crippen MR) is 127 cm³/mol. The highest BCUT2D eigenvalue weighted by Crippen LogP contribution is 2.37. The summed E-state index contributed by atoms with van der Waals surface area (Å²) in [7, 11) is 0. The molecule has 5 atom stereocenters. The van der Waals surface area contributed by atoms with Crippen LogP contribution < -0.4 is 5.32 Å². The maximum atomic E-state index is 11.9. The van der Waals surface area contributed by atoms with Gasteiger partial charge >= 0.3 is 5.97 Å². The van der Waals surface area contributed by atoms with Gasteiger partial charge in [-0.05, 0) is 32.3 Å². The second kappa shape index (κ2) is 13.3. The molecule has 0 saturated carbocycles. The monoisotopic (exact) mass is 493 g/mol. The van der Waals surface area contributed by atoms with Crippen molar-refractivity contribution in [1.82, 2.24) is 5.32 Å². The number of fused-ring (bicyclic) bond motifs is 1. The molecule has 2 N–H and O–H groups in total. The number of hydrogen-bond donors (Lipinski definition) is 2. The number of aliphatic hydroxyl groups excluding tert-OH is 1. The molecule has 0 spiro atoms. The predicted octanol–water partition coefficient (Wildman–Crippen LogP) is 2.83. The average Bonchev–Trinajstić information content (AvgIpc) is 3.16. The van der Waals surface area contributed by atoms with Crippen LogP contribution in [0, 0.1) is 0 Å². The first-order valence-corrected chi connectivity index (χ1v) is 12.5. The number of ether oxygens (including phenoxy) is 5. The Morgan fingerprint density at radius 2 is 1.71 bits per heavy atom. The Labute approximate surface area is 207 Å². The number of hydrogen-bond acceptors (Lipinski definition) is 8. The van der Waals surface area contributed by atoms with Gasteiger partial charge in [0.2, 0.25) is 5.91 Å². The Bertz CT molecular complexity index is 802. The molecule has 5 unspecified atom stereocenters. The first kappa shape index (κ1) is 27.5. The summed E-state index contributed by atoms with van der Waals surface area (Å²) in [5.41, 5.74) is 0.986. The molecule has 9 nitrogen and oxygen atoms in total. The number of nitrogens with one attached hydrogen (secondary N) is 1. The van der Waals surface area contributed by atoms with Crippen molar-refractivity contribution in [2.45, 2.75) is 102 Å². The van der Waals surface area contributed by atoms with Gasteiger partial charge in [0.1, 0.15) is 31.0 Å². The van der Waals surface area contributed by atoms with Crippen molar-refractivity contribution < 1.29 is 38.4 Å². The second-order valence-electron chi connectivity index (χ2n) is 9.55. The molecule has 2 aliphatic heterocycles. The Kier molecular flexibility index (Phi) is 10.5. The molecule has 2 heterocycles. The van der Waals surface area contributed by atoms with E-state index in [1.165, 1.54) is 6.92 Å². The maximum Gasteiger partial charge on any atom is 0.306 e. The zero-order valence-corrected chi connectivity index (χ0v) is 20.9. The van der Waals surface area contributed by atoms with Crippen LogP contribution >= 0.6 is 0 Å². The summed E-state index contributed by atoms with van der Waals surface area (Å²) in [6.45, 7) is 5.54. The first-order chi connectivity index (χ1) is 16.8. The standard InChI is InChI=1S/C26H39NO8/c1-18(29)27-22-24-23(34-26(2,3)35-24)20(16-28)33-25(22)31-15-11-6-4-5-10-14-21(30)32-17-19-12-8-7-9-13-19/h7-9,12-13,20,22-25,28H,4-6,10-11,14-17H2,1-3H3,(H,27,29). The Hall–Kier alpha value is -2.04. The lowest BCUT2D eigenvalue weighted by molar-refractivity contribution is -0.251. The number of carbonyl (C=O) groups is 2. The number of unbranched alkanes of at least 4 members (excludes halogenated alkanes) is 4. The molecule has 2 fully saturated rings. The molecule has 1 aromatic carbocycles. The molecule has 196 valence electrons. The van der Waals surface area contributed by atoms with Gasteiger partial charge in [0.25, 0.3) is 0 Å². The fourth-order valence-corrected chi connectivity index (χ4v) is 4.46. The van der Waals surface area contributed by atoms with Crippen molar-refractivity contribution in [2.24, 2.45) is 0 Å². The summed E-state index contributed by atoms with van der Waals surface area (Å²) >= 11 is 0. The number of rotatable bonds is 13. The third kappa shape index (κ3) is 8.54. The van der Waals surface area contributed by atoms with E-state index in [2.05, 4.69) is 5.32 Å². The molecule has 0 bridgehead atoms. The van der Waals surface area contributed by atoms with Crippen LogP contribution in [0.1, 0.15) is 64.9 Å². The quantitative estimate of drug-likeness (QED) is 0.319. The lowest BCUT2D eigenvalue weighted by Gasteiger charge is -2.41. The number of carbonyl (C=O) groups excluding carboxylic acids is 2. The Morgan fingerprint density at radius 1 is 1.03 bits per heavy atom. The van der Waals surface area contributed by atoms with Gasteiger partial charge in [0, 0.05) is 20.0 Å². The van der Waals surface area contributed by atoms with E-state index < -0.39 is 36.4 Å². The van der Waals surface area contributed by atoms with Crippen LogP contribution in [0.3, 0.4) is 0 Å². The van der Waals surface area contributed by atoms with Gasteiger partial charge in [0.15, 0.2) is 12.1 Å². The van der Waals surface area contributed by atoms with E-state index in [0.29, 0.717) is 19.6 Å². The van der Waals surface area contributed by atoms with Crippen LogP contribution in [0.25, 0.3) is 0 Å². The molecule has 0 aliphatic carbocycles. The summed E-state index contributed by atoms with van der Waals surface area (Å²) in [5, 5.41) is 12.6. The van der Waals surface area contributed by atoms with E-state index in [1.807, 2.05) is 30.3 Å². The van der Waals surface area contributed by atoms with Crippen LogP contribution in [0.15, 0.2) is 30.3 Å².